The molecule has 0 aromatic heterocycles. The first-order chi connectivity index (χ1) is 5.97. The van der Waals surface area contributed by atoms with Crippen molar-refractivity contribution in [2.24, 2.45) is 5.92 Å². The Hall–Kier alpha value is -1.12. The van der Waals surface area contributed by atoms with E-state index in [1.54, 1.807) is 13.0 Å². The molecule has 0 bridgehead atoms. The first-order valence-corrected chi connectivity index (χ1v) is 4.34. The average molecular weight is 184 g/mol. The van der Waals surface area contributed by atoms with Crippen molar-refractivity contribution in [3.05, 3.63) is 11.8 Å². The first-order valence-electron chi connectivity index (χ1n) is 4.34. The van der Waals surface area contributed by atoms with E-state index in [2.05, 4.69) is 0 Å². The lowest BCUT2D eigenvalue weighted by Gasteiger charge is -2.07. The first kappa shape index (κ1) is 11.9. The molecule has 0 rings (SSSR count). The van der Waals surface area contributed by atoms with Gasteiger partial charge in [-0.15, -0.1) is 0 Å². The number of carbonyl (C=O) groups is 2. The minimum absolute atomic E-state index is 0.0917. The molecule has 0 radical (unpaired) electrons. The number of ketones is 1. The van der Waals surface area contributed by atoms with Gasteiger partial charge in [0, 0.05) is 12.8 Å². The molecule has 0 spiro atoms. The average Bonchev–Trinajstić information content (AvgIpc) is 1.98. The molecule has 0 aromatic carbocycles. The maximum absolute atomic E-state index is 11.0. The number of allylic oxidation sites excluding steroid dienone is 2. The highest BCUT2D eigenvalue weighted by Crippen LogP contribution is 2.10. The number of ether oxygens (including phenoxy) is 1. The van der Waals surface area contributed by atoms with Gasteiger partial charge in [0.05, 0.1) is 0 Å². The van der Waals surface area contributed by atoms with E-state index in [9.17, 15) is 9.59 Å². The van der Waals surface area contributed by atoms with E-state index in [1.807, 2.05) is 6.92 Å². The largest absolute Gasteiger partial charge is 0.432 e. The lowest BCUT2D eigenvalue weighted by molar-refractivity contribution is -0.137. The van der Waals surface area contributed by atoms with Gasteiger partial charge in [-0.3, -0.25) is 9.59 Å². The molecule has 0 unspecified atom stereocenters. The summed E-state index contributed by atoms with van der Waals surface area (Å²) in [5.74, 6) is 0.0926. The molecule has 13 heavy (non-hydrogen) atoms. The molecular weight excluding hydrogens is 168 g/mol. The summed E-state index contributed by atoms with van der Waals surface area (Å²) < 4.78 is 4.80. The Morgan fingerprint density at radius 3 is 2.15 bits per heavy atom. The number of hydrogen-bond donors (Lipinski definition) is 0. The molecule has 0 N–H and O–H groups in total. The highest BCUT2D eigenvalue weighted by molar-refractivity contribution is 5.80. The Morgan fingerprint density at radius 2 is 1.85 bits per heavy atom. The standard InChI is InChI=1S/C10H16O3/c1-5-10(8(3)11)6-7(2)13-9(4)12/h6,10H,5H2,1-4H3/b7-6-/t10-/m1/s1. The fourth-order valence-electron chi connectivity index (χ4n) is 1.07. The van der Waals surface area contributed by atoms with Crippen LogP contribution in [0.1, 0.15) is 34.1 Å². The highest BCUT2D eigenvalue weighted by Gasteiger charge is 2.09. The van der Waals surface area contributed by atoms with Crippen LogP contribution in [0.15, 0.2) is 11.8 Å². The van der Waals surface area contributed by atoms with E-state index in [-0.39, 0.29) is 17.7 Å². The highest BCUT2D eigenvalue weighted by atomic mass is 16.5. The Balaban J connectivity index is 4.32. The van der Waals surface area contributed by atoms with Crippen molar-refractivity contribution in [3.63, 3.8) is 0 Å². The van der Waals surface area contributed by atoms with Crippen LogP contribution in [0.2, 0.25) is 0 Å². The molecule has 3 nitrogen and oxygen atoms in total. The smallest absolute Gasteiger partial charge is 0.307 e. The van der Waals surface area contributed by atoms with Gasteiger partial charge in [-0.2, -0.15) is 0 Å². The van der Waals surface area contributed by atoms with Crippen LogP contribution in [0.4, 0.5) is 0 Å². The number of rotatable bonds is 4. The zero-order valence-electron chi connectivity index (χ0n) is 8.59. The summed E-state index contributed by atoms with van der Waals surface area (Å²) >= 11 is 0. The van der Waals surface area contributed by atoms with Gasteiger partial charge in [0.2, 0.25) is 0 Å². The predicted octanol–water partition coefficient (Wildman–Crippen LogP) is 2.07. The lowest BCUT2D eigenvalue weighted by atomic mass is 10.0. The molecule has 0 aliphatic heterocycles. The van der Waals surface area contributed by atoms with E-state index in [1.165, 1.54) is 13.8 Å². The molecule has 0 aliphatic carbocycles. The Labute approximate surface area is 78.8 Å². The van der Waals surface area contributed by atoms with Crippen LogP contribution >= 0.6 is 0 Å². The van der Waals surface area contributed by atoms with Crippen molar-refractivity contribution in [2.75, 3.05) is 0 Å². The van der Waals surface area contributed by atoms with Gasteiger partial charge >= 0.3 is 5.97 Å². The van der Waals surface area contributed by atoms with E-state index in [0.717, 1.165) is 6.42 Å². The predicted molar refractivity (Wildman–Crippen MR) is 50.0 cm³/mol. The molecule has 0 saturated heterocycles. The minimum Gasteiger partial charge on any atom is -0.432 e. The zero-order chi connectivity index (χ0) is 10.4. The van der Waals surface area contributed by atoms with Gasteiger partial charge in [0.25, 0.3) is 0 Å². The molecular formula is C10H16O3. The second-order valence-electron chi connectivity index (χ2n) is 3.00. The summed E-state index contributed by atoms with van der Waals surface area (Å²) in [6.45, 7) is 6.47. The fourth-order valence-corrected chi connectivity index (χ4v) is 1.07. The Kier molecular flexibility index (Phi) is 5.04. The summed E-state index contributed by atoms with van der Waals surface area (Å²) in [7, 11) is 0. The summed E-state index contributed by atoms with van der Waals surface area (Å²) in [6, 6.07) is 0. The summed E-state index contributed by atoms with van der Waals surface area (Å²) in [5, 5.41) is 0. The van der Waals surface area contributed by atoms with Crippen molar-refractivity contribution >= 4 is 11.8 Å². The molecule has 0 heterocycles. The van der Waals surface area contributed by atoms with Crippen LogP contribution in [0, 0.1) is 5.92 Å². The minimum atomic E-state index is -0.354. The molecule has 0 aliphatic rings. The van der Waals surface area contributed by atoms with Gasteiger partial charge < -0.3 is 4.74 Å². The summed E-state index contributed by atoms with van der Waals surface area (Å²) in [6.07, 6.45) is 2.41. The topological polar surface area (TPSA) is 43.4 Å². The van der Waals surface area contributed by atoms with Gasteiger partial charge in [0.1, 0.15) is 11.5 Å². The third kappa shape index (κ3) is 5.17. The Bertz CT molecular complexity index is 228. The van der Waals surface area contributed by atoms with E-state index in [4.69, 9.17) is 4.74 Å². The SMILES string of the molecule is CC[C@H](/C=C(/C)OC(C)=O)C(C)=O. The van der Waals surface area contributed by atoms with Gasteiger partial charge in [-0.1, -0.05) is 6.92 Å². The van der Waals surface area contributed by atoms with Gasteiger partial charge in [-0.25, -0.2) is 0 Å². The molecule has 0 amide bonds. The molecule has 0 fully saturated rings. The van der Waals surface area contributed by atoms with Gasteiger partial charge in [-0.05, 0) is 26.3 Å². The number of esters is 1. The van der Waals surface area contributed by atoms with Crippen LogP contribution in [-0.2, 0) is 14.3 Å². The number of carbonyl (C=O) groups excluding carboxylic acids is 2. The second kappa shape index (κ2) is 5.51. The third-order valence-electron chi connectivity index (χ3n) is 1.70. The fraction of sp³-hybridized carbons (Fsp3) is 0.600. The monoisotopic (exact) mass is 184 g/mol. The maximum atomic E-state index is 11.0. The molecule has 74 valence electrons. The van der Waals surface area contributed by atoms with Crippen molar-refractivity contribution < 1.29 is 14.3 Å². The molecule has 0 aromatic rings. The normalized spacial score (nSPS) is 13.7. The van der Waals surface area contributed by atoms with Crippen LogP contribution in [0.25, 0.3) is 0 Å². The maximum Gasteiger partial charge on any atom is 0.307 e. The van der Waals surface area contributed by atoms with Crippen molar-refractivity contribution in [1.82, 2.24) is 0 Å². The van der Waals surface area contributed by atoms with E-state index in [0.29, 0.717) is 5.76 Å². The van der Waals surface area contributed by atoms with Crippen molar-refractivity contribution in [3.8, 4) is 0 Å². The van der Waals surface area contributed by atoms with Crippen LogP contribution in [0.5, 0.6) is 0 Å². The molecule has 3 heteroatoms. The second-order valence-corrected chi connectivity index (χ2v) is 3.00. The van der Waals surface area contributed by atoms with Gasteiger partial charge in [0.15, 0.2) is 0 Å². The van der Waals surface area contributed by atoms with Crippen LogP contribution in [-0.4, -0.2) is 11.8 Å². The Morgan fingerprint density at radius 1 is 1.31 bits per heavy atom. The van der Waals surface area contributed by atoms with E-state index >= 15 is 0 Å². The third-order valence-corrected chi connectivity index (χ3v) is 1.70. The van der Waals surface area contributed by atoms with Crippen molar-refractivity contribution in [2.45, 2.75) is 34.1 Å². The molecule has 1 atom stereocenters. The zero-order valence-corrected chi connectivity index (χ0v) is 8.59. The van der Waals surface area contributed by atoms with E-state index < -0.39 is 0 Å². The quantitative estimate of drug-likeness (QED) is 0.496. The summed E-state index contributed by atoms with van der Waals surface area (Å²) in [5.41, 5.74) is 0. The van der Waals surface area contributed by atoms with Crippen LogP contribution in [0.3, 0.4) is 0 Å². The summed E-state index contributed by atoms with van der Waals surface area (Å²) in [4.78, 5) is 21.6. The number of Topliss-reactive ketones (excluding diaryl/α,β-unsaturated/α-hetero) is 1. The number of hydrogen-bond acceptors (Lipinski definition) is 3. The lowest BCUT2D eigenvalue weighted by Crippen LogP contribution is -2.08. The van der Waals surface area contributed by atoms with Crippen molar-refractivity contribution in [1.29, 1.82) is 0 Å². The molecule has 0 saturated carbocycles. The van der Waals surface area contributed by atoms with Crippen LogP contribution < -0.4 is 0 Å².